The predicted octanol–water partition coefficient (Wildman–Crippen LogP) is -0.0489. The SMILES string of the molecule is O=C(N[C@@H]1CCC2CC(C3NOC(C(F)F)N3)CCC21)C1CC(O)NO1. The van der Waals surface area contributed by atoms with Crippen molar-refractivity contribution < 1.29 is 28.4 Å². The largest absolute Gasteiger partial charge is 0.376 e. The first-order chi connectivity index (χ1) is 12.5. The van der Waals surface area contributed by atoms with E-state index >= 15 is 0 Å². The van der Waals surface area contributed by atoms with Crippen LogP contribution in [-0.2, 0) is 14.5 Å². The number of hydrogen-bond donors (Lipinski definition) is 5. The summed E-state index contributed by atoms with van der Waals surface area (Å²) in [6.07, 6.45) is -0.543. The molecule has 1 amide bonds. The van der Waals surface area contributed by atoms with Crippen LogP contribution in [0.25, 0.3) is 0 Å². The highest BCUT2D eigenvalue weighted by Crippen LogP contribution is 2.45. The maximum atomic E-state index is 12.7. The summed E-state index contributed by atoms with van der Waals surface area (Å²) in [4.78, 5) is 22.3. The molecule has 4 aliphatic rings. The summed E-state index contributed by atoms with van der Waals surface area (Å²) in [5, 5.41) is 15.3. The summed E-state index contributed by atoms with van der Waals surface area (Å²) in [6.45, 7) is 0. The lowest BCUT2D eigenvalue weighted by Crippen LogP contribution is -2.47. The molecule has 7 unspecified atom stereocenters. The van der Waals surface area contributed by atoms with Gasteiger partial charge in [-0.25, -0.2) is 8.78 Å². The average Bonchev–Trinajstić information content (AvgIpc) is 3.34. The molecule has 8 atom stereocenters. The van der Waals surface area contributed by atoms with Gasteiger partial charge in [-0.3, -0.25) is 19.8 Å². The Kier molecular flexibility index (Phi) is 5.40. The highest BCUT2D eigenvalue weighted by Gasteiger charge is 2.45. The molecular formula is C16H26F2N4O4. The van der Waals surface area contributed by atoms with Gasteiger partial charge in [0.2, 0.25) is 0 Å². The van der Waals surface area contributed by atoms with Crippen LogP contribution in [0.1, 0.15) is 38.5 Å². The monoisotopic (exact) mass is 376 g/mol. The van der Waals surface area contributed by atoms with E-state index in [0.717, 1.165) is 32.1 Å². The number of aliphatic hydroxyl groups is 1. The van der Waals surface area contributed by atoms with Gasteiger partial charge in [0.15, 0.2) is 12.3 Å². The number of hydrogen-bond acceptors (Lipinski definition) is 7. The molecule has 10 heteroatoms. The second kappa shape index (κ2) is 7.61. The van der Waals surface area contributed by atoms with Gasteiger partial charge in [0.05, 0.1) is 6.17 Å². The molecule has 148 valence electrons. The average molecular weight is 376 g/mol. The third kappa shape index (κ3) is 3.71. The number of nitrogens with one attached hydrogen (secondary N) is 4. The van der Waals surface area contributed by atoms with E-state index in [-0.39, 0.29) is 30.5 Å². The zero-order chi connectivity index (χ0) is 18.3. The summed E-state index contributed by atoms with van der Waals surface area (Å²) in [6, 6.07) is 0.115. The Balaban J connectivity index is 1.28. The first-order valence-electron chi connectivity index (χ1n) is 9.36. The number of rotatable bonds is 4. The van der Waals surface area contributed by atoms with Crippen LogP contribution in [0.15, 0.2) is 0 Å². The van der Waals surface area contributed by atoms with Crippen LogP contribution >= 0.6 is 0 Å². The van der Waals surface area contributed by atoms with Crippen LogP contribution < -0.4 is 21.6 Å². The molecule has 0 radical (unpaired) electrons. The third-order valence-corrected chi connectivity index (χ3v) is 6.22. The number of amides is 1. The lowest BCUT2D eigenvalue weighted by atomic mass is 9.74. The molecule has 0 bridgehead atoms. The van der Waals surface area contributed by atoms with E-state index < -0.39 is 25.0 Å². The van der Waals surface area contributed by atoms with Gasteiger partial charge in [0.25, 0.3) is 12.3 Å². The van der Waals surface area contributed by atoms with Crippen molar-refractivity contribution in [1.82, 2.24) is 21.6 Å². The zero-order valence-electron chi connectivity index (χ0n) is 14.4. The Bertz CT molecular complexity index is 528. The Morgan fingerprint density at radius 3 is 2.58 bits per heavy atom. The smallest absolute Gasteiger partial charge is 0.279 e. The second-order valence-corrected chi connectivity index (χ2v) is 7.80. The molecular weight excluding hydrogens is 350 g/mol. The molecule has 0 aromatic heterocycles. The Hall–Kier alpha value is -0.910. The van der Waals surface area contributed by atoms with Crippen LogP contribution in [0.3, 0.4) is 0 Å². The first kappa shape index (κ1) is 18.5. The number of carbonyl (C=O) groups excluding carboxylic acids is 1. The molecule has 0 aromatic rings. The summed E-state index contributed by atoms with van der Waals surface area (Å²) in [5.41, 5.74) is 5.11. The van der Waals surface area contributed by atoms with Gasteiger partial charge in [-0.1, -0.05) is 0 Å². The highest BCUT2D eigenvalue weighted by molar-refractivity contribution is 5.81. The van der Waals surface area contributed by atoms with E-state index in [2.05, 4.69) is 21.6 Å². The minimum atomic E-state index is -2.55. The summed E-state index contributed by atoms with van der Waals surface area (Å²) in [5.74, 6) is 0.935. The van der Waals surface area contributed by atoms with Gasteiger partial charge >= 0.3 is 0 Å². The van der Waals surface area contributed by atoms with Gasteiger partial charge in [0.1, 0.15) is 6.23 Å². The minimum Gasteiger partial charge on any atom is -0.376 e. The predicted molar refractivity (Wildman–Crippen MR) is 85.1 cm³/mol. The quantitative estimate of drug-likeness (QED) is 0.469. The number of alkyl halides is 2. The lowest BCUT2D eigenvalue weighted by molar-refractivity contribution is -0.134. The van der Waals surface area contributed by atoms with E-state index in [1.54, 1.807) is 0 Å². The van der Waals surface area contributed by atoms with Gasteiger partial charge < -0.3 is 10.4 Å². The topological polar surface area (TPSA) is 104 Å². The first-order valence-corrected chi connectivity index (χ1v) is 9.36. The van der Waals surface area contributed by atoms with E-state index in [1.807, 2.05) is 0 Å². The van der Waals surface area contributed by atoms with E-state index in [9.17, 15) is 18.7 Å². The van der Waals surface area contributed by atoms with Gasteiger partial charge in [-0.05, 0) is 49.9 Å². The zero-order valence-corrected chi connectivity index (χ0v) is 14.4. The van der Waals surface area contributed by atoms with Crippen LogP contribution in [0.5, 0.6) is 0 Å². The van der Waals surface area contributed by atoms with Crippen molar-refractivity contribution in [3.63, 3.8) is 0 Å². The molecule has 5 N–H and O–H groups in total. The van der Waals surface area contributed by atoms with Crippen molar-refractivity contribution in [3.8, 4) is 0 Å². The Morgan fingerprint density at radius 2 is 1.88 bits per heavy atom. The standard InChI is InChI=1S/C16H26F2N4O4/c17-13(18)16-20-14(22-26-16)8-1-3-9-7(5-8)2-4-10(9)19-15(24)11-6-12(23)21-25-11/h7-14,16,20-23H,1-6H2,(H,19,24)/t7?,8?,9?,10-,11?,12?,14?,16?/m1/s1. The second-order valence-electron chi connectivity index (χ2n) is 7.80. The molecule has 2 aliphatic heterocycles. The normalized spacial score (nSPS) is 45.8. The minimum absolute atomic E-state index is 0.115. The molecule has 4 rings (SSSR count). The van der Waals surface area contributed by atoms with Crippen molar-refractivity contribution in [1.29, 1.82) is 0 Å². The maximum Gasteiger partial charge on any atom is 0.279 e. The molecule has 26 heavy (non-hydrogen) atoms. The molecule has 2 heterocycles. The summed E-state index contributed by atoms with van der Waals surface area (Å²) in [7, 11) is 0. The lowest BCUT2D eigenvalue weighted by Gasteiger charge is -2.36. The number of aliphatic hydroxyl groups excluding tert-OH is 1. The number of carbonyl (C=O) groups is 1. The van der Waals surface area contributed by atoms with E-state index in [1.165, 1.54) is 0 Å². The van der Waals surface area contributed by atoms with Crippen LogP contribution in [-0.4, -0.2) is 48.2 Å². The molecule has 2 aliphatic carbocycles. The summed E-state index contributed by atoms with van der Waals surface area (Å²) >= 11 is 0. The highest BCUT2D eigenvalue weighted by atomic mass is 19.3. The van der Waals surface area contributed by atoms with Gasteiger partial charge in [-0.2, -0.15) is 11.0 Å². The van der Waals surface area contributed by atoms with Gasteiger partial charge in [-0.15, -0.1) is 0 Å². The molecule has 8 nitrogen and oxygen atoms in total. The fourth-order valence-corrected chi connectivity index (χ4v) is 4.92. The molecule has 0 aromatic carbocycles. The third-order valence-electron chi connectivity index (χ3n) is 6.22. The van der Waals surface area contributed by atoms with Crippen molar-refractivity contribution in [2.75, 3.05) is 0 Å². The van der Waals surface area contributed by atoms with Crippen molar-refractivity contribution in [2.24, 2.45) is 17.8 Å². The fourth-order valence-electron chi connectivity index (χ4n) is 4.92. The van der Waals surface area contributed by atoms with Crippen LogP contribution in [0.4, 0.5) is 8.78 Å². The molecule has 2 saturated carbocycles. The van der Waals surface area contributed by atoms with Crippen molar-refractivity contribution >= 4 is 5.91 Å². The van der Waals surface area contributed by atoms with Gasteiger partial charge in [0, 0.05) is 12.5 Å². The number of hydroxylamine groups is 2. The van der Waals surface area contributed by atoms with Crippen LogP contribution in [0.2, 0.25) is 0 Å². The molecule has 4 fully saturated rings. The number of fused-ring (bicyclic) bond motifs is 1. The molecule has 2 saturated heterocycles. The Morgan fingerprint density at radius 1 is 1.08 bits per heavy atom. The van der Waals surface area contributed by atoms with E-state index in [4.69, 9.17) is 9.68 Å². The summed E-state index contributed by atoms with van der Waals surface area (Å²) < 4.78 is 25.4. The fraction of sp³-hybridized carbons (Fsp3) is 0.938. The van der Waals surface area contributed by atoms with E-state index in [0.29, 0.717) is 11.8 Å². The van der Waals surface area contributed by atoms with Crippen molar-refractivity contribution in [3.05, 3.63) is 0 Å². The maximum absolute atomic E-state index is 12.7. The van der Waals surface area contributed by atoms with Crippen molar-refractivity contribution in [2.45, 2.75) is 75.7 Å². The number of halogens is 2. The van der Waals surface area contributed by atoms with Crippen LogP contribution in [0, 0.1) is 17.8 Å². The Labute approximate surface area is 150 Å². The molecule has 0 spiro atoms.